The molecule has 1 aliphatic heterocycles. The molecule has 0 bridgehead atoms. The van der Waals surface area contributed by atoms with Crippen molar-refractivity contribution in [3.63, 3.8) is 0 Å². The molecule has 10 heteroatoms. The number of carbonyl (C=O) groups is 1. The smallest absolute Gasteiger partial charge is 0.407 e. The average Bonchev–Trinajstić information content (AvgIpc) is 3.04. The highest BCUT2D eigenvalue weighted by molar-refractivity contribution is 7.89. The molecule has 0 saturated carbocycles. The molecule has 29 heavy (non-hydrogen) atoms. The third-order valence-corrected chi connectivity index (χ3v) is 5.09. The van der Waals surface area contributed by atoms with Crippen LogP contribution in [-0.4, -0.2) is 56.6 Å². The Hall–Kier alpha value is -2.33. The minimum absolute atomic E-state index is 0.0283. The van der Waals surface area contributed by atoms with E-state index in [1.807, 2.05) is 27.7 Å². The normalized spacial score (nSPS) is 17.9. The van der Waals surface area contributed by atoms with Gasteiger partial charge in [0.25, 0.3) is 0 Å². The molecular weight excluding hydrogens is 394 g/mol. The van der Waals surface area contributed by atoms with E-state index >= 15 is 0 Å². The van der Waals surface area contributed by atoms with E-state index in [-0.39, 0.29) is 10.9 Å². The van der Waals surface area contributed by atoms with Crippen LogP contribution in [0.2, 0.25) is 0 Å². The number of nitrogens with two attached hydrogens (primary N) is 1. The average molecular weight is 426 g/mol. The second-order valence-electron chi connectivity index (χ2n) is 7.94. The van der Waals surface area contributed by atoms with Gasteiger partial charge in [-0.05, 0) is 51.8 Å². The minimum Gasteiger partial charge on any atom is -0.444 e. The minimum atomic E-state index is -3.75. The van der Waals surface area contributed by atoms with E-state index in [1.165, 1.54) is 12.1 Å². The predicted molar refractivity (Wildman–Crippen MR) is 112 cm³/mol. The molecular formula is C19H31N5O4S. The number of hydrogen-bond donors (Lipinski definition) is 3. The third-order valence-electron chi connectivity index (χ3n) is 4.18. The van der Waals surface area contributed by atoms with Gasteiger partial charge in [-0.25, -0.2) is 23.3 Å². The molecule has 9 nitrogen and oxygen atoms in total. The molecule has 2 rings (SSSR count). The lowest BCUT2D eigenvalue weighted by Gasteiger charge is -2.23. The van der Waals surface area contributed by atoms with E-state index in [1.54, 1.807) is 12.1 Å². The first-order chi connectivity index (χ1) is 13.5. The molecule has 0 radical (unpaired) electrons. The molecule has 1 aromatic carbocycles. The van der Waals surface area contributed by atoms with Crippen molar-refractivity contribution < 1.29 is 17.9 Å². The summed E-state index contributed by atoms with van der Waals surface area (Å²) in [5.74, 6) is 0.710. The Morgan fingerprint density at radius 1 is 1.38 bits per heavy atom. The molecule has 4 N–H and O–H groups in total. The number of ether oxygens (including phenoxy) is 1. The Morgan fingerprint density at radius 3 is 2.72 bits per heavy atom. The quantitative estimate of drug-likeness (QED) is 0.483. The lowest BCUT2D eigenvalue weighted by Crippen LogP contribution is -2.44. The van der Waals surface area contributed by atoms with E-state index in [9.17, 15) is 13.2 Å². The number of alkyl carbamates (subject to hydrolysis) is 1. The first-order valence-electron chi connectivity index (χ1n) is 9.62. The SMILES string of the molecule is CCNC(=NCc1cccc(S(N)(=O)=O)c1)N1CCC(NC(=O)OC(C)(C)C)C1. The Morgan fingerprint density at radius 2 is 2.10 bits per heavy atom. The van der Waals surface area contributed by atoms with Crippen molar-refractivity contribution in [2.45, 2.75) is 57.2 Å². The van der Waals surface area contributed by atoms with Crippen LogP contribution >= 0.6 is 0 Å². The summed E-state index contributed by atoms with van der Waals surface area (Å²) in [6, 6.07) is 6.41. The molecule has 1 aromatic rings. The van der Waals surface area contributed by atoms with Crippen LogP contribution in [0.3, 0.4) is 0 Å². The van der Waals surface area contributed by atoms with Gasteiger partial charge in [0.2, 0.25) is 10.0 Å². The zero-order chi connectivity index (χ0) is 21.7. The van der Waals surface area contributed by atoms with Gasteiger partial charge in [0.15, 0.2) is 5.96 Å². The summed E-state index contributed by atoms with van der Waals surface area (Å²) in [5, 5.41) is 11.3. The number of guanidine groups is 1. The monoisotopic (exact) mass is 425 g/mol. The van der Waals surface area contributed by atoms with Gasteiger partial charge in [-0.15, -0.1) is 0 Å². The van der Waals surface area contributed by atoms with E-state index in [4.69, 9.17) is 9.88 Å². The van der Waals surface area contributed by atoms with Crippen LogP contribution < -0.4 is 15.8 Å². The van der Waals surface area contributed by atoms with Crippen molar-refractivity contribution >= 4 is 22.1 Å². The number of sulfonamides is 1. The summed E-state index contributed by atoms with van der Waals surface area (Å²) in [6.45, 7) is 9.82. The summed E-state index contributed by atoms with van der Waals surface area (Å²) in [6.07, 6.45) is 0.357. The number of nitrogens with zero attached hydrogens (tertiary/aromatic N) is 2. The first kappa shape index (κ1) is 23.0. The molecule has 1 fully saturated rings. The second-order valence-corrected chi connectivity index (χ2v) is 9.50. The third kappa shape index (κ3) is 7.54. The van der Waals surface area contributed by atoms with Gasteiger partial charge in [0, 0.05) is 19.6 Å². The Labute approximate surface area is 172 Å². The number of primary sulfonamides is 1. The van der Waals surface area contributed by atoms with Crippen LogP contribution in [-0.2, 0) is 21.3 Å². The Kier molecular flexibility index (Phi) is 7.48. The van der Waals surface area contributed by atoms with Gasteiger partial charge in [0.1, 0.15) is 5.60 Å². The largest absolute Gasteiger partial charge is 0.444 e. The Balaban J connectivity index is 2.02. The molecule has 1 atom stereocenters. The molecule has 1 aliphatic rings. The molecule has 1 heterocycles. The van der Waals surface area contributed by atoms with E-state index < -0.39 is 21.7 Å². The summed E-state index contributed by atoms with van der Waals surface area (Å²) in [7, 11) is -3.75. The van der Waals surface area contributed by atoms with Gasteiger partial charge >= 0.3 is 6.09 Å². The van der Waals surface area contributed by atoms with Crippen LogP contribution in [0.15, 0.2) is 34.2 Å². The van der Waals surface area contributed by atoms with E-state index in [0.717, 1.165) is 18.5 Å². The van der Waals surface area contributed by atoms with E-state index in [2.05, 4.69) is 20.5 Å². The molecule has 1 unspecified atom stereocenters. The number of hydrogen-bond acceptors (Lipinski definition) is 5. The van der Waals surface area contributed by atoms with Crippen molar-refractivity contribution in [2.24, 2.45) is 10.1 Å². The maximum atomic E-state index is 12.0. The number of amides is 1. The van der Waals surface area contributed by atoms with Crippen LogP contribution in [0.25, 0.3) is 0 Å². The van der Waals surface area contributed by atoms with Gasteiger partial charge in [-0.2, -0.15) is 0 Å². The maximum absolute atomic E-state index is 12.0. The number of likely N-dealkylation sites (tertiary alicyclic amines) is 1. The molecule has 162 valence electrons. The summed E-state index contributed by atoms with van der Waals surface area (Å²) in [5.41, 5.74) is 0.208. The fourth-order valence-electron chi connectivity index (χ4n) is 2.96. The van der Waals surface area contributed by atoms with Crippen LogP contribution in [0.1, 0.15) is 39.7 Å². The molecule has 0 aliphatic carbocycles. The highest BCUT2D eigenvalue weighted by atomic mass is 32.2. The molecule has 0 spiro atoms. The summed E-state index contributed by atoms with van der Waals surface area (Å²) < 4.78 is 28.4. The van der Waals surface area contributed by atoms with E-state index in [0.29, 0.717) is 25.6 Å². The van der Waals surface area contributed by atoms with Gasteiger partial charge in [-0.1, -0.05) is 12.1 Å². The second kappa shape index (κ2) is 9.45. The van der Waals surface area contributed by atoms with Gasteiger partial charge in [-0.3, -0.25) is 0 Å². The molecule has 1 saturated heterocycles. The van der Waals surface area contributed by atoms with Crippen molar-refractivity contribution in [3.8, 4) is 0 Å². The predicted octanol–water partition coefficient (Wildman–Crippen LogP) is 1.40. The lowest BCUT2D eigenvalue weighted by atomic mass is 10.2. The van der Waals surface area contributed by atoms with Crippen LogP contribution in [0.5, 0.6) is 0 Å². The first-order valence-corrected chi connectivity index (χ1v) is 11.2. The van der Waals surface area contributed by atoms with Crippen molar-refractivity contribution in [2.75, 3.05) is 19.6 Å². The maximum Gasteiger partial charge on any atom is 0.407 e. The van der Waals surface area contributed by atoms with Crippen LogP contribution in [0.4, 0.5) is 4.79 Å². The van der Waals surface area contributed by atoms with Crippen molar-refractivity contribution in [3.05, 3.63) is 29.8 Å². The summed E-state index contributed by atoms with van der Waals surface area (Å²) in [4.78, 5) is 18.7. The highest BCUT2D eigenvalue weighted by Crippen LogP contribution is 2.14. The summed E-state index contributed by atoms with van der Waals surface area (Å²) >= 11 is 0. The topological polar surface area (TPSA) is 126 Å². The lowest BCUT2D eigenvalue weighted by molar-refractivity contribution is 0.0507. The number of nitrogens with one attached hydrogen (secondary N) is 2. The fourth-order valence-corrected chi connectivity index (χ4v) is 3.54. The van der Waals surface area contributed by atoms with Gasteiger partial charge < -0.3 is 20.3 Å². The number of carbonyl (C=O) groups excluding carboxylic acids is 1. The van der Waals surface area contributed by atoms with Crippen molar-refractivity contribution in [1.29, 1.82) is 0 Å². The fraction of sp³-hybridized carbons (Fsp3) is 0.579. The highest BCUT2D eigenvalue weighted by Gasteiger charge is 2.27. The van der Waals surface area contributed by atoms with Gasteiger partial charge in [0.05, 0.1) is 17.5 Å². The van der Waals surface area contributed by atoms with Crippen molar-refractivity contribution in [1.82, 2.24) is 15.5 Å². The zero-order valence-electron chi connectivity index (χ0n) is 17.4. The number of aliphatic imine (C=N–C) groups is 1. The van der Waals surface area contributed by atoms with Crippen LogP contribution in [0, 0.1) is 0 Å². The number of benzene rings is 1. The standard InChI is InChI=1S/C19H31N5O4S/c1-5-21-17(22-12-14-7-6-8-16(11-14)29(20,26)27)24-10-9-15(13-24)23-18(25)28-19(2,3)4/h6-8,11,15H,5,9-10,12-13H2,1-4H3,(H,21,22)(H,23,25)(H2,20,26,27). The Bertz CT molecular complexity index is 848. The zero-order valence-corrected chi connectivity index (χ0v) is 18.3. The molecule has 1 amide bonds. The molecule has 0 aromatic heterocycles. The number of rotatable bonds is 5.